The highest BCUT2D eigenvalue weighted by Gasteiger charge is 2.05. The summed E-state index contributed by atoms with van der Waals surface area (Å²) in [5.41, 5.74) is 4.88. The third kappa shape index (κ3) is 4.50. The van der Waals surface area contributed by atoms with Gasteiger partial charge in [-0.1, -0.05) is 83.9 Å². The van der Waals surface area contributed by atoms with Gasteiger partial charge in [-0.15, -0.1) is 0 Å². The number of benzene rings is 3. The Labute approximate surface area is 153 Å². The lowest BCUT2D eigenvalue weighted by atomic mass is 9.96. The Morgan fingerprint density at radius 3 is 1.67 bits per heavy atom. The third-order valence-corrected chi connectivity index (χ3v) is 4.44. The molecule has 120 valence electrons. The minimum absolute atomic E-state index is 0.749. The van der Waals surface area contributed by atoms with Crippen LogP contribution in [0.25, 0.3) is 5.57 Å². The van der Waals surface area contributed by atoms with Crippen LogP contribution in [0.5, 0.6) is 0 Å². The zero-order chi connectivity index (χ0) is 16.8. The standard InChI is InChI=1S/C22H18Cl2/c23-20-13-9-18(10-14-20)22(19-11-15-21(24)16-12-19)8-4-7-17-5-2-1-3-6-17/h1-3,5-6,8-16H,4,7H2. The average Bonchev–Trinajstić information content (AvgIpc) is 2.62. The zero-order valence-electron chi connectivity index (χ0n) is 13.3. The van der Waals surface area contributed by atoms with Crippen LogP contribution < -0.4 is 0 Å². The molecule has 3 rings (SSSR count). The third-order valence-electron chi connectivity index (χ3n) is 3.93. The smallest absolute Gasteiger partial charge is 0.0406 e. The minimum atomic E-state index is 0.749. The Morgan fingerprint density at radius 1 is 0.667 bits per heavy atom. The lowest BCUT2D eigenvalue weighted by molar-refractivity contribution is 1.00. The molecule has 0 nitrogen and oxygen atoms in total. The molecular weight excluding hydrogens is 335 g/mol. The number of hydrogen-bond acceptors (Lipinski definition) is 0. The van der Waals surface area contributed by atoms with Crippen LogP contribution in [0.15, 0.2) is 84.9 Å². The molecule has 0 spiro atoms. The van der Waals surface area contributed by atoms with Crippen molar-refractivity contribution in [2.75, 3.05) is 0 Å². The van der Waals surface area contributed by atoms with Crippen LogP contribution in [-0.2, 0) is 6.42 Å². The van der Waals surface area contributed by atoms with Crippen molar-refractivity contribution < 1.29 is 0 Å². The largest absolute Gasteiger partial charge is 0.0843 e. The maximum Gasteiger partial charge on any atom is 0.0406 e. The summed E-state index contributed by atoms with van der Waals surface area (Å²) in [7, 11) is 0. The number of rotatable bonds is 5. The Morgan fingerprint density at radius 2 is 1.17 bits per heavy atom. The maximum absolute atomic E-state index is 6.03. The first-order valence-electron chi connectivity index (χ1n) is 7.98. The summed E-state index contributed by atoms with van der Waals surface area (Å²) in [5, 5.41) is 1.50. The van der Waals surface area contributed by atoms with Crippen molar-refractivity contribution in [1.82, 2.24) is 0 Å². The van der Waals surface area contributed by atoms with Crippen molar-refractivity contribution in [3.63, 3.8) is 0 Å². The first-order chi connectivity index (χ1) is 11.7. The predicted octanol–water partition coefficient (Wildman–Crippen LogP) is 7.06. The molecule has 0 radical (unpaired) electrons. The summed E-state index contributed by atoms with van der Waals surface area (Å²) < 4.78 is 0. The van der Waals surface area contributed by atoms with Crippen LogP contribution in [0.3, 0.4) is 0 Å². The van der Waals surface area contributed by atoms with Crippen LogP contribution in [0.1, 0.15) is 23.1 Å². The van der Waals surface area contributed by atoms with Gasteiger partial charge in [0.25, 0.3) is 0 Å². The van der Waals surface area contributed by atoms with E-state index in [0.29, 0.717) is 0 Å². The van der Waals surface area contributed by atoms with Crippen molar-refractivity contribution >= 4 is 28.8 Å². The molecule has 0 N–H and O–H groups in total. The van der Waals surface area contributed by atoms with E-state index in [9.17, 15) is 0 Å². The zero-order valence-corrected chi connectivity index (χ0v) is 14.8. The highest BCUT2D eigenvalue weighted by Crippen LogP contribution is 2.26. The second-order valence-corrected chi connectivity index (χ2v) is 6.53. The summed E-state index contributed by atoms with van der Waals surface area (Å²) in [4.78, 5) is 0. The molecule has 24 heavy (non-hydrogen) atoms. The van der Waals surface area contributed by atoms with E-state index in [4.69, 9.17) is 23.2 Å². The molecule has 0 amide bonds. The summed E-state index contributed by atoms with van der Waals surface area (Å²) >= 11 is 12.1. The Kier molecular flexibility index (Phi) is 5.74. The average molecular weight is 353 g/mol. The number of halogens is 2. The summed E-state index contributed by atoms with van der Waals surface area (Å²) in [6.07, 6.45) is 4.29. The quantitative estimate of drug-likeness (QED) is 0.461. The monoisotopic (exact) mass is 352 g/mol. The molecule has 0 heterocycles. The van der Waals surface area contributed by atoms with Gasteiger partial charge in [0.2, 0.25) is 0 Å². The Balaban J connectivity index is 1.87. The molecule has 0 aliphatic rings. The van der Waals surface area contributed by atoms with E-state index in [1.165, 1.54) is 11.1 Å². The van der Waals surface area contributed by atoms with E-state index in [1.807, 2.05) is 30.3 Å². The van der Waals surface area contributed by atoms with Gasteiger partial charge in [-0.05, 0) is 59.4 Å². The molecule has 3 aromatic carbocycles. The first-order valence-corrected chi connectivity index (χ1v) is 8.74. The normalized spacial score (nSPS) is 10.4. The van der Waals surface area contributed by atoms with Gasteiger partial charge >= 0.3 is 0 Å². The van der Waals surface area contributed by atoms with Crippen LogP contribution >= 0.6 is 23.2 Å². The van der Waals surface area contributed by atoms with Crippen molar-refractivity contribution in [2.45, 2.75) is 12.8 Å². The molecule has 0 saturated carbocycles. The SMILES string of the molecule is Clc1ccc(C(=CCCc2ccccc2)c2ccc(Cl)cc2)cc1. The first kappa shape index (κ1) is 16.8. The number of aryl methyl sites for hydroxylation is 1. The lowest BCUT2D eigenvalue weighted by Gasteiger charge is -2.10. The van der Waals surface area contributed by atoms with Gasteiger partial charge in [0.05, 0.1) is 0 Å². The van der Waals surface area contributed by atoms with E-state index in [0.717, 1.165) is 34.0 Å². The number of hydrogen-bond donors (Lipinski definition) is 0. The molecule has 0 aromatic heterocycles. The lowest BCUT2D eigenvalue weighted by Crippen LogP contribution is -1.90. The van der Waals surface area contributed by atoms with Gasteiger partial charge in [-0.3, -0.25) is 0 Å². The highest BCUT2D eigenvalue weighted by molar-refractivity contribution is 6.31. The number of allylic oxidation sites excluding steroid dienone is 1. The van der Waals surface area contributed by atoms with E-state index < -0.39 is 0 Å². The summed E-state index contributed by atoms with van der Waals surface area (Å²) in [6.45, 7) is 0. The van der Waals surface area contributed by atoms with E-state index in [2.05, 4.69) is 54.6 Å². The Bertz CT molecular complexity index is 753. The second-order valence-electron chi connectivity index (χ2n) is 5.66. The summed E-state index contributed by atoms with van der Waals surface area (Å²) in [6, 6.07) is 26.5. The molecule has 3 aromatic rings. The van der Waals surface area contributed by atoms with Crippen LogP contribution in [0.2, 0.25) is 10.0 Å². The fourth-order valence-corrected chi connectivity index (χ4v) is 2.94. The van der Waals surface area contributed by atoms with E-state index >= 15 is 0 Å². The van der Waals surface area contributed by atoms with Gasteiger partial charge in [0.15, 0.2) is 0 Å². The fourth-order valence-electron chi connectivity index (χ4n) is 2.69. The van der Waals surface area contributed by atoms with Crippen molar-refractivity contribution in [3.8, 4) is 0 Å². The van der Waals surface area contributed by atoms with Crippen molar-refractivity contribution in [3.05, 3.63) is 112 Å². The molecule has 0 saturated heterocycles. The molecule has 0 bridgehead atoms. The van der Waals surface area contributed by atoms with Gasteiger partial charge < -0.3 is 0 Å². The maximum atomic E-state index is 6.03. The molecule has 0 aliphatic carbocycles. The van der Waals surface area contributed by atoms with E-state index in [-0.39, 0.29) is 0 Å². The van der Waals surface area contributed by atoms with Crippen molar-refractivity contribution in [2.24, 2.45) is 0 Å². The second kappa shape index (κ2) is 8.19. The van der Waals surface area contributed by atoms with Gasteiger partial charge in [0.1, 0.15) is 0 Å². The molecule has 0 unspecified atom stereocenters. The van der Waals surface area contributed by atoms with Crippen LogP contribution in [-0.4, -0.2) is 0 Å². The topological polar surface area (TPSA) is 0 Å². The molecule has 0 atom stereocenters. The van der Waals surface area contributed by atoms with Gasteiger partial charge in [-0.25, -0.2) is 0 Å². The molecular formula is C22H18Cl2. The van der Waals surface area contributed by atoms with Crippen LogP contribution in [0, 0.1) is 0 Å². The molecule has 0 aliphatic heterocycles. The predicted molar refractivity (Wildman–Crippen MR) is 105 cm³/mol. The van der Waals surface area contributed by atoms with Gasteiger partial charge in [-0.2, -0.15) is 0 Å². The van der Waals surface area contributed by atoms with Crippen molar-refractivity contribution in [1.29, 1.82) is 0 Å². The van der Waals surface area contributed by atoms with Gasteiger partial charge in [0, 0.05) is 10.0 Å². The van der Waals surface area contributed by atoms with Crippen LogP contribution in [0.4, 0.5) is 0 Å². The molecule has 0 fully saturated rings. The fraction of sp³-hybridized carbons (Fsp3) is 0.0909. The van der Waals surface area contributed by atoms with E-state index in [1.54, 1.807) is 0 Å². The minimum Gasteiger partial charge on any atom is -0.0843 e. The molecule has 2 heteroatoms. The summed E-state index contributed by atoms with van der Waals surface area (Å²) in [5.74, 6) is 0. The highest BCUT2D eigenvalue weighted by atomic mass is 35.5. The Hall–Kier alpha value is -2.02.